The summed E-state index contributed by atoms with van der Waals surface area (Å²) in [6, 6.07) is 0. The molecule has 0 amide bonds. The van der Waals surface area contributed by atoms with Crippen LogP contribution in [0.3, 0.4) is 0 Å². The average molecular weight is 175 g/mol. The van der Waals surface area contributed by atoms with Gasteiger partial charge in [0, 0.05) is 19.0 Å². The van der Waals surface area contributed by atoms with Gasteiger partial charge in [0.2, 0.25) is 0 Å². The molecule has 1 aliphatic carbocycles. The Kier molecular flexibility index (Phi) is 2.46. The highest BCUT2D eigenvalue weighted by atomic mass is 16.3. The molecule has 2 N–H and O–H groups in total. The van der Waals surface area contributed by atoms with Gasteiger partial charge in [-0.25, -0.2) is 0 Å². The fraction of sp³-hybridized carbons (Fsp3) is 0.364. The van der Waals surface area contributed by atoms with Crippen LogP contribution >= 0.6 is 0 Å². The van der Waals surface area contributed by atoms with Crippen LogP contribution in [0.2, 0.25) is 0 Å². The largest absolute Gasteiger partial charge is 0.388 e. The van der Waals surface area contributed by atoms with Crippen molar-refractivity contribution in [3.8, 4) is 0 Å². The number of hydrogen-bond donors (Lipinski definition) is 2. The summed E-state index contributed by atoms with van der Waals surface area (Å²) in [6.07, 6.45) is 9.14. The molecule has 2 nitrogen and oxygen atoms in total. The van der Waals surface area contributed by atoms with Crippen molar-refractivity contribution >= 4 is 0 Å². The van der Waals surface area contributed by atoms with E-state index in [0.29, 0.717) is 5.92 Å². The Morgan fingerprint density at radius 3 is 3.00 bits per heavy atom. The second kappa shape index (κ2) is 3.75. The first-order chi connectivity index (χ1) is 6.38. The van der Waals surface area contributed by atoms with Crippen molar-refractivity contribution in [1.29, 1.82) is 0 Å². The van der Waals surface area contributed by atoms with E-state index in [4.69, 9.17) is 0 Å². The number of allylic oxidation sites excluding steroid dienone is 3. The van der Waals surface area contributed by atoms with Gasteiger partial charge in [0.1, 0.15) is 0 Å². The molecule has 0 aromatic carbocycles. The van der Waals surface area contributed by atoms with E-state index in [1.165, 1.54) is 0 Å². The van der Waals surface area contributed by atoms with Crippen LogP contribution in [0.25, 0.3) is 0 Å². The molecule has 0 aromatic rings. The molecule has 2 rings (SSSR count). The summed E-state index contributed by atoms with van der Waals surface area (Å²) in [6.45, 7) is 1.83. The van der Waals surface area contributed by atoms with E-state index in [1.807, 2.05) is 30.4 Å². The average Bonchev–Trinajstić information content (AvgIpc) is 2.27. The van der Waals surface area contributed by atoms with Gasteiger partial charge in [0.15, 0.2) is 0 Å². The van der Waals surface area contributed by atoms with Gasteiger partial charge in [-0.3, -0.25) is 0 Å². The Labute approximate surface area is 78.0 Å². The van der Waals surface area contributed by atoms with E-state index in [0.717, 1.165) is 18.7 Å². The monoisotopic (exact) mass is 175 g/mol. The zero-order valence-electron chi connectivity index (χ0n) is 7.40. The first-order valence-electron chi connectivity index (χ1n) is 4.56. The fourth-order valence-electron chi connectivity index (χ4n) is 1.46. The fourth-order valence-corrected chi connectivity index (χ4v) is 1.46. The minimum Gasteiger partial charge on any atom is -0.388 e. The third kappa shape index (κ3) is 1.81. The summed E-state index contributed by atoms with van der Waals surface area (Å²) in [4.78, 5) is 0. The van der Waals surface area contributed by atoms with Crippen molar-refractivity contribution < 1.29 is 5.11 Å². The minimum atomic E-state index is -0.343. The van der Waals surface area contributed by atoms with Crippen LogP contribution in [0, 0.1) is 5.92 Å². The van der Waals surface area contributed by atoms with Gasteiger partial charge in [0.25, 0.3) is 0 Å². The van der Waals surface area contributed by atoms with E-state index >= 15 is 0 Å². The van der Waals surface area contributed by atoms with Crippen molar-refractivity contribution in [2.24, 2.45) is 5.92 Å². The maximum atomic E-state index is 9.89. The van der Waals surface area contributed by atoms with Crippen LogP contribution in [0.15, 0.2) is 41.7 Å². The maximum Gasteiger partial charge on any atom is 0.0848 e. The molecule has 0 saturated carbocycles. The summed E-state index contributed by atoms with van der Waals surface area (Å²) in [5.74, 6) is 0.371. The lowest BCUT2D eigenvalue weighted by Crippen LogP contribution is -2.48. The summed E-state index contributed by atoms with van der Waals surface area (Å²) in [7, 11) is 0. The predicted octanol–water partition coefficient (Wildman–Crippen LogP) is 0.774. The quantitative estimate of drug-likeness (QED) is 0.608. The van der Waals surface area contributed by atoms with E-state index in [1.54, 1.807) is 0 Å². The lowest BCUT2D eigenvalue weighted by Gasteiger charge is -2.31. The van der Waals surface area contributed by atoms with Gasteiger partial charge in [-0.1, -0.05) is 18.2 Å². The number of aliphatic hydroxyl groups excluding tert-OH is 1. The molecule has 1 saturated heterocycles. The van der Waals surface area contributed by atoms with Crippen LogP contribution in [0.1, 0.15) is 0 Å². The van der Waals surface area contributed by atoms with Crippen molar-refractivity contribution in [2.75, 3.05) is 13.1 Å². The normalized spacial score (nSPS) is 23.6. The van der Waals surface area contributed by atoms with Gasteiger partial charge in [-0.2, -0.15) is 0 Å². The SMILES string of the molecule is OC(C1=CC=CC=C=C1)C1CNC1. The van der Waals surface area contributed by atoms with Crippen molar-refractivity contribution in [1.82, 2.24) is 5.32 Å². The maximum absolute atomic E-state index is 9.89. The number of rotatable bonds is 2. The summed E-state index contributed by atoms with van der Waals surface area (Å²) in [5.41, 5.74) is 3.95. The molecule has 0 spiro atoms. The second-order valence-electron chi connectivity index (χ2n) is 3.39. The van der Waals surface area contributed by atoms with Crippen molar-refractivity contribution in [2.45, 2.75) is 6.10 Å². The van der Waals surface area contributed by atoms with Crippen LogP contribution in [0.5, 0.6) is 0 Å². The molecular weight excluding hydrogens is 162 g/mol. The molecule has 13 heavy (non-hydrogen) atoms. The van der Waals surface area contributed by atoms with Gasteiger partial charge < -0.3 is 10.4 Å². The Morgan fingerprint density at radius 2 is 2.31 bits per heavy atom. The topological polar surface area (TPSA) is 32.3 Å². The second-order valence-corrected chi connectivity index (χ2v) is 3.39. The molecule has 1 unspecified atom stereocenters. The first kappa shape index (κ1) is 8.52. The number of hydrogen-bond acceptors (Lipinski definition) is 2. The molecule has 1 heterocycles. The van der Waals surface area contributed by atoms with Crippen molar-refractivity contribution in [3.63, 3.8) is 0 Å². The smallest absolute Gasteiger partial charge is 0.0848 e. The van der Waals surface area contributed by atoms with Crippen LogP contribution in [-0.2, 0) is 0 Å². The molecule has 1 aliphatic heterocycles. The first-order valence-corrected chi connectivity index (χ1v) is 4.56. The highest BCUT2D eigenvalue weighted by Crippen LogP contribution is 2.18. The molecular formula is C11H13NO. The Balaban J connectivity index is 2.10. The van der Waals surface area contributed by atoms with Gasteiger partial charge in [-0.15, -0.1) is 5.73 Å². The molecule has 0 aromatic heterocycles. The Morgan fingerprint density at radius 1 is 1.46 bits per heavy atom. The van der Waals surface area contributed by atoms with E-state index in [-0.39, 0.29) is 6.10 Å². The summed E-state index contributed by atoms with van der Waals surface area (Å²) in [5, 5.41) is 13.0. The molecule has 1 fully saturated rings. The summed E-state index contributed by atoms with van der Waals surface area (Å²) >= 11 is 0. The lowest BCUT2D eigenvalue weighted by atomic mass is 9.90. The molecule has 2 aliphatic rings. The lowest BCUT2D eigenvalue weighted by molar-refractivity contribution is 0.109. The van der Waals surface area contributed by atoms with E-state index in [2.05, 4.69) is 11.0 Å². The molecule has 0 radical (unpaired) electrons. The van der Waals surface area contributed by atoms with Gasteiger partial charge >= 0.3 is 0 Å². The molecule has 1 atom stereocenters. The Bertz CT molecular complexity index is 304. The highest BCUT2D eigenvalue weighted by molar-refractivity contribution is 5.32. The van der Waals surface area contributed by atoms with Crippen molar-refractivity contribution in [3.05, 3.63) is 41.7 Å². The number of nitrogens with one attached hydrogen (secondary N) is 1. The molecule has 0 bridgehead atoms. The zero-order chi connectivity index (χ0) is 9.10. The van der Waals surface area contributed by atoms with Crippen LogP contribution in [-0.4, -0.2) is 24.3 Å². The predicted molar refractivity (Wildman–Crippen MR) is 52.2 cm³/mol. The van der Waals surface area contributed by atoms with Gasteiger partial charge in [-0.05, 0) is 17.7 Å². The minimum absolute atomic E-state index is 0.343. The highest BCUT2D eigenvalue weighted by Gasteiger charge is 2.26. The van der Waals surface area contributed by atoms with Crippen LogP contribution < -0.4 is 5.32 Å². The third-order valence-electron chi connectivity index (χ3n) is 2.44. The molecule has 2 heteroatoms. The van der Waals surface area contributed by atoms with E-state index < -0.39 is 0 Å². The third-order valence-corrected chi connectivity index (χ3v) is 2.44. The number of aliphatic hydroxyl groups is 1. The van der Waals surface area contributed by atoms with E-state index in [9.17, 15) is 5.11 Å². The zero-order valence-corrected chi connectivity index (χ0v) is 7.40. The molecule has 68 valence electrons. The Hall–Kier alpha value is -1.08. The van der Waals surface area contributed by atoms with Gasteiger partial charge in [0.05, 0.1) is 6.10 Å². The summed E-state index contributed by atoms with van der Waals surface area (Å²) < 4.78 is 0. The van der Waals surface area contributed by atoms with Crippen LogP contribution in [0.4, 0.5) is 0 Å². The standard InChI is InChI=1S/C11H13NO/c13-11(10-7-12-8-10)9-5-3-1-2-4-6-9/h1-3,5-6,10-13H,7-8H2.